The van der Waals surface area contributed by atoms with Gasteiger partial charge in [-0.1, -0.05) is 52.4 Å². The molecule has 0 saturated carbocycles. The average molecular weight is 252 g/mol. The molecule has 2 nitrogen and oxygen atoms in total. The molecule has 0 aromatic heterocycles. The summed E-state index contributed by atoms with van der Waals surface area (Å²) in [5.74, 6) is 0. The van der Waals surface area contributed by atoms with E-state index in [-0.39, 0.29) is 0 Å². The fraction of sp³-hybridized carbons (Fsp3) is 0.875. The summed E-state index contributed by atoms with van der Waals surface area (Å²) in [4.78, 5) is 4.86. The minimum Gasteiger partial charge on any atom is -0.359 e. The molecule has 0 aromatic carbocycles. The van der Waals surface area contributed by atoms with Crippen molar-refractivity contribution in [1.82, 2.24) is 9.80 Å². The number of rotatable bonds is 10. The van der Waals surface area contributed by atoms with Crippen LogP contribution in [0.25, 0.3) is 0 Å². The van der Waals surface area contributed by atoms with Crippen LogP contribution in [0.1, 0.15) is 71.6 Å². The minimum atomic E-state index is 0.626. The Morgan fingerprint density at radius 3 is 2.17 bits per heavy atom. The van der Waals surface area contributed by atoms with Crippen molar-refractivity contribution in [2.75, 3.05) is 13.6 Å². The molecule has 1 aliphatic heterocycles. The van der Waals surface area contributed by atoms with Gasteiger partial charge in [0.05, 0.1) is 0 Å². The third-order valence-electron chi connectivity index (χ3n) is 3.89. The van der Waals surface area contributed by atoms with Gasteiger partial charge in [0.15, 0.2) is 0 Å². The normalized spacial score (nSPS) is 18.9. The van der Waals surface area contributed by atoms with Gasteiger partial charge in [-0.25, -0.2) is 0 Å². The van der Waals surface area contributed by atoms with E-state index < -0.39 is 0 Å². The number of unbranched alkanes of at least 4 members (excludes halogenated alkanes) is 6. The first-order chi connectivity index (χ1) is 8.79. The van der Waals surface area contributed by atoms with E-state index in [1.54, 1.807) is 0 Å². The van der Waals surface area contributed by atoms with Gasteiger partial charge in [0.1, 0.15) is 6.17 Å². The maximum Gasteiger partial charge on any atom is 0.100 e. The molecule has 0 N–H and O–H groups in total. The molecule has 1 heterocycles. The molecule has 1 rings (SSSR count). The zero-order valence-electron chi connectivity index (χ0n) is 12.7. The van der Waals surface area contributed by atoms with Gasteiger partial charge in [-0.3, -0.25) is 0 Å². The molecule has 1 atom stereocenters. The molecule has 1 unspecified atom stereocenters. The van der Waals surface area contributed by atoms with Gasteiger partial charge in [-0.2, -0.15) is 0 Å². The Balaban J connectivity index is 2.06. The SMILES string of the molecule is CCCCCCCCCC1N(C)C=CN1CCC. The molecule has 0 aromatic rings. The second-order valence-corrected chi connectivity index (χ2v) is 5.59. The van der Waals surface area contributed by atoms with Crippen molar-refractivity contribution in [1.29, 1.82) is 0 Å². The second-order valence-electron chi connectivity index (χ2n) is 5.59. The molecule has 0 amide bonds. The summed E-state index contributed by atoms with van der Waals surface area (Å²) in [5, 5.41) is 0. The highest BCUT2D eigenvalue weighted by Gasteiger charge is 2.21. The minimum absolute atomic E-state index is 0.626. The molecule has 1 aliphatic rings. The maximum atomic E-state index is 2.50. The van der Waals surface area contributed by atoms with Gasteiger partial charge < -0.3 is 9.80 Å². The third kappa shape index (κ3) is 5.32. The predicted octanol–water partition coefficient (Wildman–Crippen LogP) is 4.58. The van der Waals surface area contributed by atoms with Crippen molar-refractivity contribution in [3.63, 3.8) is 0 Å². The van der Waals surface area contributed by atoms with Crippen LogP contribution in [0.15, 0.2) is 12.4 Å². The molecule has 18 heavy (non-hydrogen) atoms. The Kier molecular flexibility index (Phi) is 7.95. The van der Waals surface area contributed by atoms with Gasteiger partial charge >= 0.3 is 0 Å². The van der Waals surface area contributed by atoms with E-state index in [4.69, 9.17) is 0 Å². The van der Waals surface area contributed by atoms with Crippen molar-refractivity contribution < 1.29 is 0 Å². The Bertz CT molecular complexity index is 225. The maximum absolute atomic E-state index is 2.50. The van der Waals surface area contributed by atoms with Crippen LogP contribution in [0.4, 0.5) is 0 Å². The Morgan fingerprint density at radius 1 is 0.833 bits per heavy atom. The van der Waals surface area contributed by atoms with Crippen LogP contribution < -0.4 is 0 Å². The van der Waals surface area contributed by atoms with Gasteiger partial charge in [-0.15, -0.1) is 0 Å². The first kappa shape index (κ1) is 15.4. The lowest BCUT2D eigenvalue weighted by molar-refractivity contribution is 0.161. The van der Waals surface area contributed by atoms with E-state index in [0.717, 1.165) is 0 Å². The monoisotopic (exact) mass is 252 g/mol. The topological polar surface area (TPSA) is 6.48 Å². The summed E-state index contributed by atoms with van der Waals surface area (Å²) in [7, 11) is 2.21. The van der Waals surface area contributed by atoms with Crippen LogP contribution in [0.3, 0.4) is 0 Å². The smallest absolute Gasteiger partial charge is 0.100 e. The lowest BCUT2D eigenvalue weighted by atomic mass is 10.1. The Hall–Kier alpha value is -0.660. The van der Waals surface area contributed by atoms with E-state index in [1.165, 1.54) is 64.3 Å². The molecule has 0 bridgehead atoms. The van der Waals surface area contributed by atoms with Crippen molar-refractivity contribution in [3.8, 4) is 0 Å². The third-order valence-corrected chi connectivity index (χ3v) is 3.89. The van der Waals surface area contributed by atoms with Crippen LogP contribution in [-0.2, 0) is 0 Å². The first-order valence-corrected chi connectivity index (χ1v) is 7.95. The summed E-state index contributed by atoms with van der Waals surface area (Å²) in [6.07, 6.45) is 17.5. The molecule has 0 spiro atoms. The highest BCUT2D eigenvalue weighted by Crippen LogP contribution is 2.20. The van der Waals surface area contributed by atoms with Crippen molar-refractivity contribution in [2.24, 2.45) is 0 Å². The molecule has 0 radical (unpaired) electrons. The highest BCUT2D eigenvalue weighted by molar-refractivity contribution is 4.95. The van der Waals surface area contributed by atoms with E-state index >= 15 is 0 Å². The quantitative estimate of drug-likeness (QED) is 0.525. The van der Waals surface area contributed by atoms with Gasteiger partial charge in [0.2, 0.25) is 0 Å². The summed E-state index contributed by atoms with van der Waals surface area (Å²) in [6, 6.07) is 0. The number of hydrogen-bond donors (Lipinski definition) is 0. The number of nitrogens with zero attached hydrogens (tertiary/aromatic N) is 2. The largest absolute Gasteiger partial charge is 0.359 e. The van der Waals surface area contributed by atoms with E-state index in [1.807, 2.05) is 0 Å². The number of hydrogen-bond acceptors (Lipinski definition) is 2. The molecular formula is C16H32N2. The summed E-state index contributed by atoms with van der Waals surface area (Å²) in [6.45, 7) is 5.74. The Morgan fingerprint density at radius 2 is 1.50 bits per heavy atom. The molecule has 0 aliphatic carbocycles. The van der Waals surface area contributed by atoms with Crippen LogP contribution in [0.2, 0.25) is 0 Å². The first-order valence-electron chi connectivity index (χ1n) is 7.95. The highest BCUT2D eigenvalue weighted by atomic mass is 15.4. The standard InChI is InChI=1S/C16H32N2/c1-4-6-7-8-9-10-11-12-16-17(3)14-15-18(16)13-5-2/h14-16H,4-13H2,1-3H3. The fourth-order valence-corrected chi connectivity index (χ4v) is 2.76. The second kappa shape index (κ2) is 9.29. The molecule has 106 valence electrons. The molecule has 0 saturated heterocycles. The zero-order chi connectivity index (χ0) is 13.2. The van der Waals surface area contributed by atoms with E-state index in [2.05, 4.69) is 43.1 Å². The van der Waals surface area contributed by atoms with Crippen LogP contribution in [0, 0.1) is 0 Å². The van der Waals surface area contributed by atoms with Crippen LogP contribution >= 0.6 is 0 Å². The summed E-state index contributed by atoms with van der Waals surface area (Å²) < 4.78 is 0. The summed E-state index contributed by atoms with van der Waals surface area (Å²) in [5.41, 5.74) is 0. The van der Waals surface area contributed by atoms with Gasteiger partial charge in [0.25, 0.3) is 0 Å². The lowest BCUT2D eigenvalue weighted by Crippen LogP contribution is -2.36. The lowest BCUT2D eigenvalue weighted by Gasteiger charge is -2.30. The molecular weight excluding hydrogens is 220 g/mol. The molecule has 2 heteroatoms. The van der Waals surface area contributed by atoms with Crippen molar-refractivity contribution in [3.05, 3.63) is 12.4 Å². The summed E-state index contributed by atoms with van der Waals surface area (Å²) >= 11 is 0. The van der Waals surface area contributed by atoms with E-state index in [0.29, 0.717) is 6.17 Å². The van der Waals surface area contributed by atoms with Crippen molar-refractivity contribution in [2.45, 2.75) is 77.8 Å². The van der Waals surface area contributed by atoms with Crippen molar-refractivity contribution >= 4 is 0 Å². The molecule has 0 fully saturated rings. The average Bonchev–Trinajstić information content (AvgIpc) is 2.70. The van der Waals surface area contributed by atoms with Crippen LogP contribution in [0.5, 0.6) is 0 Å². The zero-order valence-corrected chi connectivity index (χ0v) is 12.7. The van der Waals surface area contributed by atoms with Gasteiger partial charge in [-0.05, 0) is 19.3 Å². The van der Waals surface area contributed by atoms with Crippen LogP contribution in [-0.4, -0.2) is 29.6 Å². The van der Waals surface area contributed by atoms with Gasteiger partial charge in [0, 0.05) is 26.0 Å². The fourth-order valence-electron chi connectivity index (χ4n) is 2.76. The Labute approximate surface area is 114 Å². The predicted molar refractivity (Wildman–Crippen MR) is 80.3 cm³/mol. The van der Waals surface area contributed by atoms with E-state index in [9.17, 15) is 0 Å².